The third kappa shape index (κ3) is 3.42. The molecule has 0 aliphatic heterocycles. The molecule has 2 rings (SSSR count). The zero-order valence-corrected chi connectivity index (χ0v) is 11.0. The molecule has 0 spiro atoms. The highest BCUT2D eigenvalue weighted by Gasteiger charge is 2.21. The summed E-state index contributed by atoms with van der Waals surface area (Å²) in [5.41, 5.74) is 0.102. The number of halogens is 3. The van der Waals surface area contributed by atoms with Gasteiger partial charge in [0.05, 0.1) is 0 Å². The first-order chi connectivity index (χ1) is 8.68. The van der Waals surface area contributed by atoms with Crippen molar-refractivity contribution in [2.24, 2.45) is 0 Å². The lowest BCUT2D eigenvalue weighted by atomic mass is 10.1. The summed E-state index contributed by atoms with van der Waals surface area (Å²) in [5, 5.41) is 3.26. The van der Waals surface area contributed by atoms with Crippen LogP contribution in [0.4, 0.5) is 8.78 Å². The second-order valence-electron chi connectivity index (χ2n) is 4.84. The van der Waals surface area contributed by atoms with Gasteiger partial charge in [0.2, 0.25) is 0 Å². The van der Waals surface area contributed by atoms with Gasteiger partial charge in [-0.15, -0.1) is 11.6 Å². The highest BCUT2D eigenvalue weighted by atomic mass is 35.5. The van der Waals surface area contributed by atoms with E-state index in [1.807, 2.05) is 0 Å². The van der Waals surface area contributed by atoms with Gasteiger partial charge < -0.3 is 5.32 Å². The lowest BCUT2D eigenvalue weighted by Gasteiger charge is -2.21. The summed E-state index contributed by atoms with van der Waals surface area (Å²) in [5.74, 6) is -0.996. The molecule has 1 aromatic carbocycles. The molecule has 0 aromatic heterocycles. The maximum absolute atomic E-state index is 13.5. The van der Waals surface area contributed by atoms with Gasteiger partial charge in [-0.2, -0.15) is 0 Å². The molecule has 1 aliphatic carbocycles. The van der Waals surface area contributed by atoms with E-state index >= 15 is 0 Å². The molecule has 1 N–H and O–H groups in total. The molecule has 1 saturated carbocycles. The van der Waals surface area contributed by atoms with Crippen molar-refractivity contribution in [2.45, 2.75) is 50.1 Å². The Hall–Kier alpha value is -0.670. The number of alkyl halides is 1. The summed E-state index contributed by atoms with van der Waals surface area (Å²) in [6, 6.07) is 4.09. The van der Waals surface area contributed by atoms with E-state index in [-0.39, 0.29) is 23.5 Å². The third-order valence-electron chi connectivity index (χ3n) is 3.53. The fourth-order valence-corrected chi connectivity index (χ4v) is 2.80. The molecule has 1 fully saturated rings. The van der Waals surface area contributed by atoms with Crippen molar-refractivity contribution in [2.75, 3.05) is 0 Å². The fraction of sp³-hybridized carbons (Fsp3) is 0.571. The van der Waals surface area contributed by atoms with E-state index in [1.54, 1.807) is 0 Å². The maximum atomic E-state index is 13.5. The first kappa shape index (κ1) is 13.8. The Balaban J connectivity index is 1.98. The number of hydrogen-bond donors (Lipinski definition) is 1. The van der Waals surface area contributed by atoms with Crippen LogP contribution in [0.1, 0.15) is 37.7 Å². The lowest BCUT2D eigenvalue weighted by Crippen LogP contribution is -2.36. The van der Waals surface area contributed by atoms with Gasteiger partial charge in [-0.05, 0) is 25.0 Å². The molecule has 100 valence electrons. The van der Waals surface area contributed by atoms with E-state index in [4.69, 9.17) is 11.6 Å². The van der Waals surface area contributed by atoms with Crippen LogP contribution in [0.25, 0.3) is 0 Å². The van der Waals surface area contributed by atoms with E-state index in [0.29, 0.717) is 0 Å². The van der Waals surface area contributed by atoms with Gasteiger partial charge in [-0.3, -0.25) is 0 Å². The molecule has 0 saturated heterocycles. The Labute approximate surface area is 112 Å². The predicted molar refractivity (Wildman–Crippen MR) is 69.7 cm³/mol. The minimum absolute atomic E-state index is 0.0577. The van der Waals surface area contributed by atoms with Crippen LogP contribution in [-0.2, 0) is 6.54 Å². The van der Waals surface area contributed by atoms with Crippen LogP contribution in [0.2, 0.25) is 0 Å². The standard InChI is InChI=1S/C14H18ClF2N/c15-11-5-2-1-3-8-14(11)18-9-10-12(16)6-4-7-13(10)17/h4,6-7,11,14,18H,1-3,5,8-9H2. The first-order valence-corrected chi connectivity index (χ1v) is 6.92. The summed E-state index contributed by atoms with van der Waals surface area (Å²) < 4.78 is 26.9. The van der Waals surface area contributed by atoms with Gasteiger partial charge in [0.25, 0.3) is 0 Å². The molecule has 0 radical (unpaired) electrons. The number of nitrogens with one attached hydrogen (secondary N) is 1. The van der Waals surface area contributed by atoms with Crippen molar-refractivity contribution in [3.05, 3.63) is 35.4 Å². The minimum atomic E-state index is -0.498. The zero-order valence-electron chi connectivity index (χ0n) is 10.3. The SMILES string of the molecule is Fc1cccc(F)c1CNC1CCCCCC1Cl. The molecule has 1 aromatic rings. The van der Waals surface area contributed by atoms with Gasteiger partial charge in [-0.25, -0.2) is 8.78 Å². The van der Waals surface area contributed by atoms with Crippen molar-refractivity contribution in [1.29, 1.82) is 0 Å². The maximum Gasteiger partial charge on any atom is 0.130 e. The summed E-state index contributed by atoms with van der Waals surface area (Å²) >= 11 is 6.28. The zero-order chi connectivity index (χ0) is 13.0. The van der Waals surface area contributed by atoms with Crippen LogP contribution in [0.5, 0.6) is 0 Å². The van der Waals surface area contributed by atoms with Crippen LogP contribution in [-0.4, -0.2) is 11.4 Å². The Morgan fingerprint density at radius 1 is 1.11 bits per heavy atom. The van der Waals surface area contributed by atoms with E-state index < -0.39 is 11.6 Å². The molecule has 1 aliphatic rings. The van der Waals surface area contributed by atoms with Crippen molar-refractivity contribution >= 4 is 11.6 Å². The molecule has 0 amide bonds. The molecule has 18 heavy (non-hydrogen) atoms. The van der Waals surface area contributed by atoms with E-state index in [0.717, 1.165) is 25.7 Å². The van der Waals surface area contributed by atoms with Crippen LogP contribution in [0, 0.1) is 11.6 Å². The topological polar surface area (TPSA) is 12.0 Å². The van der Waals surface area contributed by atoms with Crippen LogP contribution < -0.4 is 5.32 Å². The quantitative estimate of drug-likeness (QED) is 0.648. The Morgan fingerprint density at radius 2 is 1.78 bits per heavy atom. The largest absolute Gasteiger partial charge is 0.308 e. The van der Waals surface area contributed by atoms with Crippen LogP contribution >= 0.6 is 11.6 Å². The van der Waals surface area contributed by atoms with Crippen molar-refractivity contribution in [3.8, 4) is 0 Å². The third-order valence-corrected chi connectivity index (χ3v) is 4.06. The van der Waals surface area contributed by atoms with E-state index in [1.165, 1.54) is 24.6 Å². The summed E-state index contributed by atoms with van der Waals surface area (Å²) in [4.78, 5) is 0. The average molecular weight is 274 g/mol. The van der Waals surface area contributed by atoms with Gasteiger partial charge in [0, 0.05) is 23.5 Å². The molecule has 2 unspecified atom stereocenters. The first-order valence-electron chi connectivity index (χ1n) is 6.49. The Bertz CT molecular complexity index is 377. The summed E-state index contributed by atoms with van der Waals surface area (Å²) in [6.45, 7) is 0.201. The molecule has 0 bridgehead atoms. The smallest absolute Gasteiger partial charge is 0.130 e. The van der Waals surface area contributed by atoms with Crippen molar-refractivity contribution < 1.29 is 8.78 Å². The summed E-state index contributed by atoms with van der Waals surface area (Å²) in [6.07, 6.45) is 5.40. The number of hydrogen-bond acceptors (Lipinski definition) is 1. The Morgan fingerprint density at radius 3 is 2.50 bits per heavy atom. The lowest BCUT2D eigenvalue weighted by molar-refractivity contribution is 0.447. The Kier molecular flexibility index (Phi) is 4.95. The summed E-state index contributed by atoms with van der Waals surface area (Å²) in [7, 11) is 0. The van der Waals surface area contributed by atoms with Gasteiger partial charge >= 0.3 is 0 Å². The molecular formula is C14H18ClF2N. The van der Waals surface area contributed by atoms with Crippen LogP contribution in [0.15, 0.2) is 18.2 Å². The molecule has 1 nitrogen and oxygen atoms in total. The number of rotatable bonds is 3. The minimum Gasteiger partial charge on any atom is -0.308 e. The van der Waals surface area contributed by atoms with Gasteiger partial charge in [-0.1, -0.05) is 25.3 Å². The monoisotopic (exact) mass is 273 g/mol. The average Bonchev–Trinajstić information content (AvgIpc) is 2.54. The highest BCUT2D eigenvalue weighted by Crippen LogP contribution is 2.23. The van der Waals surface area contributed by atoms with Gasteiger partial charge in [0.15, 0.2) is 0 Å². The second kappa shape index (κ2) is 6.48. The van der Waals surface area contributed by atoms with Crippen LogP contribution in [0.3, 0.4) is 0 Å². The molecule has 4 heteroatoms. The molecule has 2 atom stereocenters. The van der Waals surface area contributed by atoms with Crippen molar-refractivity contribution in [1.82, 2.24) is 5.32 Å². The van der Waals surface area contributed by atoms with Crippen molar-refractivity contribution in [3.63, 3.8) is 0 Å². The van der Waals surface area contributed by atoms with E-state index in [9.17, 15) is 8.78 Å². The van der Waals surface area contributed by atoms with E-state index in [2.05, 4.69) is 5.32 Å². The molecule has 0 heterocycles. The molecular weight excluding hydrogens is 256 g/mol. The normalized spacial score (nSPS) is 24.8. The number of benzene rings is 1. The predicted octanol–water partition coefficient (Wildman–Crippen LogP) is 3.99. The van der Waals surface area contributed by atoms with Gasteiger partial charge in [0.1, 0.15) is 11.6 Å². The highest BCUT2D eigenvalue weighted by molar-refractivity contribution is 6.21. The second-order valence-corrected chi connectivity index (χ2v) is 5.40. The fourth-order valence-electron chi connectivity index (χ4n) is 2.43.